The van der Waals surface area contributed by atoms with Gasteiger partial charge in [0.25, 0.3) is 0 Å². The predicted octanol–water partition coefficient (Wildman–Crippen LogP) is 4.20. The molecule has 0 spiro atoms. The number of hydrogen-bond donors (Lipinski definition) is 1. The summed E-state index contributed by atoms with van der Waals surface area (Å²) in [6.45, 7) is 0.912. The lowest BCUT2D eigenvalue weighted by molar-refractivity contribution is 0.101. The number of ether oxygens (including phenoxy) is 1. The lowest BCUT2D eigenvalue weighted by Gasteiger charge is -2.19. The molecule has 0 amide bonds. The molecule has 2 nitrogen and oxygen atoms in total. The van der Waals surface area contributed by atoms with Gasteiger partial charge in [0.2, 0.25) is 0 Å². The predicted molar refractivity (Wildman–Crippen MR) is 78.7 cm³/mol. The molecule has 1 aliphatic rings. The van der Waals surface area contributed by atoms with E-state index in [4.69, 9.17) is 4.74 Å². The van der Waals surface area contributed by atoms with Gasteiger partial charge in [-0.25, -0.2) is 4.39 Å². The Morgan fingerprint density at radius 2 is 2.37 bits per heavy atom. The van der Waals surface area contributed by atoms with E-state index in [1.165, 1.54) is 18.9 Å². The van der Waals surface area contributed by atoms with E-state index in [-0.39, 0.29) is 11.9 Å². The Morgan fingerprint density at radius 3 is 3.05 bits per heavy atom. The summed E-state index contributed by atoms with van der Waals surface area (Å²) in [6, 6.07) is 5.05. The molecular weight excluding hydrogens is 309 g/mol. The molecule has 1 aliphatic heterocycles. The molecule has 0 aliphatic carbocycles. The van der Waals surface area contributed by atoms with Crippen LogP contribution in [0, 0.1) is 5.82 Å². The van der Waals surface area contributed by atoms with E-state index in [1.807, 2.05) is 7.05 Å². The van der Waals surface area contributed by atoms with Crippen molar-refractivity contribution in [3.63, 3.8) is 0 Å². The van der Waals surface area contributed by atoms with Crippen LogP contribution >= 0.6 is 15.9 Å². The molecule has 0 aromatic heterocycles. The number of halogens is 2. The van der Waals surface area contributed by atoms with Crippen molar-refractivity contribution < 1.29 is 9.13 Å². The van der Waals surface area contributed by atoms with Gasteiger partial charge in [-0.2, -0.15) is 0 Å². The Labute approximate surface area is 122 Å². The summed E-state index contributed by atoms with van der Waals surface area (Å²) in [5.41, 5.74) is 0.995. The topological polar surface area (TPSA) is 21.3 Å². The van der Waals surface area contributed by atoms with Gasteiger partial charge in [-0.3, -0.25) is 0 Å². The molecule has 1 aromatic carbocycles. The molecule has 2 atom stereocenters. The minimum atomic E-state index is -0.183. The van der Waals surface area contributed by atoms with Crippen LogP contribution in [0.1, 0.15) is 43.7 Å². The second-order valence-corrected chi connectivity index (χ2v) is 5.93. The minimum absolute atomic E-state index is 0.183. The number of benzene rings is 1. The van der Waals surface area contributed by atoms with Gasteiger partial charge in [0.15, 0.2) is 0 Å². The van der Waals surface area contributed by atoms with Gasteiger partial charge < -0.3 is 10.1 Å². The van der Waals surface area contributed by atoms with Gasteiger partial charge in [0.1, 0.15) is 5.82 Å². The quantitative estimate of drug-likeness (QED) is 0.844. The zero-order chi connectivity index (χ0) is 13.7. The molecule has 1 N–H and O–H groups in total. The first-order valence-corrected chi connectivity index (χ1v) is 7.74. The van der Waals surface area contributed by atoms with Crippen LogP contribution in [0.2, 0.25) is 0 Å². The zero-order valence-electron chi connectivity index (χ0n) is 11.3. The number of hydrogen-bond acceptors (Lipinski definition) is 2. The molecule has 0 saturated carbocycles. The number of rotatable bonds is 6. The molecule has 0 bridgehead atoms. The van der Waals surface area contributed by atoms with Gasteiger partial charge in [-0.1, -0.05) is 15.9 Å². The van der Waals surface area contributed by atoms with Crippen LogP contribution in [0.25, 0.3) is 0 Å². The van der Waals surface area contributed by atoms with Crippen molar-refractivity contribution in [1.29, 1.82) is 0 Å². The second-order valence-electron chi connectivity index (χ2n) is 5.07. The van der Waals surface area contributed by atoms with E-state index in [0.29, 0.717) is 6.10 Å². The van der Waals surface area contributed by atoms with Crippen LogP contribution in [-0.4, -0.2) is 19.8 Å². The second kappa shape index (κ2) is 7.36. The molecule has 1 fully saturated rings. The van der Waals surface area contributed by atoms with E-state index in [9.17, 15) is 4.39 Å². The molecule has 0 radical (unpaired) electrons. The van der Waals surface area contributed by atoms with Crippen molar-refractivity contribution in [3.8, 4) is 0 Å². The summed E-state index contributed by atoms with van der Waals surface area (Å²) in [6.07, 6.45) is 6.01. The first-order chi connectivity index (χ1) is 9.20. The highest BCUT2D eigenvalue weighted by Gasteiger charge is 2.17. The summed E-state index contributed by atoms with van der Waals surface area (Å²) < 4.78 is 19.9. The van der Waals surface area contributed by atoms with Gasteiger partial charge in [-0.15, -0.1) is 0 Å². The average molecular weight is 330 g/mol. The maximum Gasteiger partial charge on any atom is 0.123 e. The van der Waals surface area contributed by atoms with Gasteiger partial charge in [0, 0.05) is 17.1 Å². The highest BCUT2D eigenvalue weighted by Crippen LogP contribution is 2.28. The normalized spacial score (nSPS) is 20.7. The SMILES string of the molecule is CNC(CCCC1CCCO1)c1cc(F)ccc1Br. The van der Waals surface area contributed by atoms with E-state index in [1.54, 1.807) is 12.1 Å². The van der Waals surface area contributed by atoms with Gasteiger partial charge in [-0.05, 0) is 62.9 Å². The first-order valence-electron chi connectivity index (χ1n) is 6.94. The fourth-order valence-electron chi connectivity index (χ4n) is 2.66. The Kier molecular flexibility index (Phi) is 5.79. The fraction of sp³-hybridized carbons (Fsp3) is 0.600. The summed E-state index contributed by atoms with van der Waals surface area (Å²) >= 11 is 3.50. The molecule has 106 valence electrons. The first kappa shape index (κ1) is 14.9. The van der Waals surface area contributed by atoms with Crippen molar-refractivity contribution in [2.75, 3.05) is 13.7 Å². The summed E-state index contributed by atoms with van der Waals surface area (Å²) in [4.78, 5) is 0. The van der Waals surface area contributed by atoms with Gasteiger partial charge in [0.05, 0.1) is 6.10 Å². The zero-order valence-corrected chi connectivity index (χ0v) is 12.9. The standard InChI is InChI=1S/C15H21BrFNO/c1-18-15(6-2-4-12-5-3-9-19-12)13-10-11(17)7-8-14(13)16/h7-8,10,12,15,18H,2-6,9H2,1H3. The summed E-state index contributed by atoms with van der Waals surface area (Å²) in [7, 11) is 1.92. The maximum atomic E-state index is 13.3. The average Bonchev–Trinajstić information content (AvgIpc) is 2.91. The molecule has 1 saturated heterocycles. The van der Waals surface area contributed by atoms with Gasteiger partial charge >= 0.3 is 0 Å². The van der Waals surface area contributed by atoms with Crippen molar-refractivity contribution in [1.82, 2.24) is 5.32 Å². The Bertz CT molecular complexity index is 407. The van der Waals surface area contributed by atoms with E-state index < -0.39 is 0 Å². The van der Waals surface area contributed by atoms with Crippen LogP contribution in [-0.2, 0) is 4.74 Å². The molecular formula is C15H21BrFNO. The van der Waals surface area contributed by atoms with Crippen molar-refractivity contribution in [2.24, 2.45) is 0 Å². The van der Waals surface area contributed by atoms with Crippen LogP contribution < -0.4 is 5.32 Å². The van der Waals surface area contributed by atoms with E-state index in [2.05, 4.69) is 21.2 Å². The van der Waals surface area contributed by atoms with Crippen molar-refractivity contribution in [3.05, 3.63) is 34.1 Å². The highest BCUT2D eigenvalue weighted by atomic mass is 79.9. The Balaban J connectivity index is 1.89. The molecule has 19 heavy (non-hydrogen) atoms. The smallest absolute Gasteiger partial charge is 0.123 e. The summed E-state index contributed by atoms with van der Waals surface area (Å²) in [5.74, 6) is -0.183. The molecule has 2 unspecified atom stereocenters. The van der Waals surface area contributed by atoms with E-state index >= 15 is 0 Å². The van der Waals surface area contributed by atoms with Crippen LogP contribution in [0.5, 0.6) is 0 Å². The lowest BCUT2D eigenvalue weighted by atomic mass is 9.99. The van der Waals surface area contributed by atoms with Crippen LogP contribution in [0.15, 0.2) is 22.7 Å². The highest BCUT2D eigenvalue weighted by molar-refractivity contribution is 9.10. The monoisotopic (exact) mass is 329 g/mol. The van der Waals surface area contributed by atoms with Crippen LogP contribution in [0.4, 0.5) is 4.39 Å². The van der Waals surface area contributed by atoms with Crippen molar-refractivity contribution >= 4 is 15.9 Å². The Hall–Kier alpha value is -0.450. The van der Waals surface area contributed by atoms with E-state index in [0.717, 1.165) is 35.9 Å². The third-order valence-electron chi connectivity index (χ3n) is 3.72. The maximum absolute atomic E-state index is 13.3. The lowest BCUT2D eigenvalue weighted by Crippen LogP contribution is -2.18. The number of nitrogens with one attached hydrogen (secondary N) is 1. The van der Waals surface area contributed by atoms with Crippen molar-refractivity contribution in [2.45, 2.75) is 44.2 Å². The van der Waals surface area contributed by atoms with Crippen LogP contribution in [0.3, 0.4) is 0 Å². The molecule has 4 heteroatoms. The Morgan fingerprint density at radius 1 is 1.53 bits per heavy atom. The summed E-state index contributed by atoms with van der Waals surface area (Å²) in [5, 5.41) is 3.27. The largest absolute Gasteiger partial charge is 0.378 e. The molecule has 2 rings (SSSR count). The third-order valence-corrected chi connectivity index (χ3v) is 4.45. The fourth-order valence-corrected chi connectivity index (χ4v) is 3.18. The third kappa shape index (κ3) is 4.26. The molecule has 1 aromatic rings. The minimum Gasteiger partial charge on any atom is -0.378 e. The molecule has 1 heterocycles.